The number of aliphatic hydroxyl groups is 1. The summed E-state index contributed by atoms with van der Waals surface area (Å²) in [7, 11) is 0. The second-order valence-corrected chi connectivity index (χ2v) is 5.81. The number of nitrogens with zero attached hydrogens (tertiary/aromatic N) is 1. The Hall–Kier alpha value is -2.07. The van der Waals surface area contributed by atoms with Gasteiger partial charge in [-0.3, -0.25) is 4.79 Å². The zero-order valence-corrected chi connectivity index (χ0v) is 12.2. The molecule has 1 amide bonds. The monoisotopic (exact) mass is 285 g/mol. The van der Waals surface area contributed by atoms with Crippen LogP contribution in [-0.2, 0) is 0 Å². The van der Waals surface area contributed by atoms with Crippen molar-refractivity contribution < 1.29 is 14.3 Å². The van der Waals surface area contributed by atoms with Crippen LogP contribution in [0.5, 0.6) is 0 Å². The fourth-order valence-corrected chi connectivity index (χ4v) is 2.44. The number of likely N-dealkylation sites (tertiary alicyclic amines) is 1. The number of carbonyl (C=O) groups excluding carboxylic acids is 1. The van der Waals surface area contributed by atoms with Crippen molar-refractivity contribution in [3.63, 3.8) is 0 Å². The molecule has 4 heteroatoms. The predicted molar refractivity (Wildman–Crippen MR) is 80.1 cm³/mol. The summed E-state index contributed by atoms with van der Waals surface area (Å²) in [4.78, 5) is 13.7. The Labute approximate surface area is 124 Å². The molecule has 1 aliphatic heterocycles. The van der Waals surface area contributed by atoms with Gasteiger partial charge in [0.1, 0.15) is 5.76 Å². The van der Waals surface area contributed by atoms with Crippen molar-refractivity contribution in [2.45, 2.75) is 25.9 Å². The van der Waals surface area contributed by atoms with Gasteiger partial charge in [-0.15, -0.1) is 0 Å². The van der Waals surface area contributed by atoms with Crippen molar-refractivity contribution in [1.29, 1.82) is 0 Å². The second kappa shape index (κ2) is 5.37. The molecule has 2 aromatic rings. The Morgan fingerprint density at radius 2 is 2.05 bits per heavy atom. The average Bonchev–Trinajstić information content (AvgIpc) is 2.93. The van der Waals surface area contributed by atoms with Gasteiger partial charge < -0.3 is 14.4 Å². The lowest BCUT2D eigenvalue weighted by atomic mass is 10.0. The summed E-state index contributed by atoms with van der Waals surface area (Å²) in [6.07, 6.45) is -0.397. The number of amides is 1. The lowest BCUT2D eigenvalue weighted by Gasteiger charge is -2.35. The first-order valence-electron chi connectivity index (χ1n) is 7.22. The third kappa shape index (κ3) is 2.72. The summed E-state index contributed by atoms with van der Waals surface area (Å²) in [5.74, 6) is 1.31. The van der Waals surface area contributed by atoms with E-state index < -0.39 is 6.10 Å². The smallest absolute Gasteiger partial charge is 0.289 e. The number of rotatable bonds is 3. The molecule has 0 aliphatic carbocycles. The second-order valence-electron chi connectivity index (χ2n) is 5.81. The van der Waals surface area contributed by atoms with Gasteiger partial charge in [-0.25, -0.2) is 0 Å². The number of β-amino-alcohol motifs (C(OH)–C–C–N with tert-alkyl or cyclic N) is 1. The summed E-state index contributed by atoms with van der Waals surface area (Å²) >= 11 is 0. The van der Waals surface area contributed by atoms with Crippen LogP contribution in [0, 0.1) is 0 Å². The zero-order valence-electron chi connectivity index (χ0n) is 12.2. The van der Waals surface area contributed by atoms with Gasteiger partial charge in [0.2, 0.25) is 0 Å². The largest absolute Gasteiger partial charge is 0.451 e. The Bertz CT molecular complexity index is 654. The highest BCUT2D eigenvalue weighted by molar-refractivity contribution is 5.92. The maximum absolute atomic E-state index is 12.1. The highest BCUT2D eigenvalue weighted by atomic mass is 16.4. The van der Waals surface area contributed by atoms with Gasteiger partial charge in [-0.1, -0.05) is 32.0 Å². The molecule has 110 valence electrons. The van der Waals surface area contributed by atoms with Crippen LogP contribution in [-0.4, -0.2) is 35.1 Å². The van der Waals surface area contributed by atoms with E-state index in [-0.39, 0.29) is 5.91 Å². The molecule has 0 spiro atoms. The van der Waals surface area contributed by atoms with Crippen LogP contribution < -0.4 is 0 Å². The van der Waals surface area contributed by atoms with Gasteiger partial charge in [0, 0.05) is 18.7 Å². The normalized spacial score (nSPS) is 15.3. The highest BCUT2D eigenvalue weighted by Gasteiger charge is 2.31. The fourth-order valence-electron chi connectivity index (χ4n) is 2.44. The topological polar surface area (TPSA) is 53.7 Å². The van der Waals surface area contributed by atoms with Crippen molar-refractivity contribution in [3.05, 3.63) is 47.7 Å². The third-order valence-corrected chi connectivity index (χ3v) is 3.80. The van der Waals surface area contributed by atoms with Crippen LogP contribution in [0.4, 0.5) is 0 Å². The molecule has 0 unspecified atom stereocenters. The van der Waals surface area contributed by atoms with E-state index in [1.807, 2.05) is 18.2 Å². The van der Waals surface area contributed by atoms with E-state index in [2.05, 4.69) is 26.0 Å². The Balaban J connectivity index is 1.81. The Morgan fingerprint density at radius 3 is 2.71 bits per heavy atom. The molecule has 2 heterocycles. The summed E-state index contributed by atoms with van der Waals surface area (Å²) in [5.41, 5.74) is 2.21. The molecule has 4 nitrogen and oxygen atoms in total. The average molecular weight is 285 g/mol. The van der Waals surface area contributed by atoms with Crippen LogP contribution in [0.15, 0.2) is 40.8 Å². The van der Waals surface area contributed by atoms with Crippen LogP contribution in [0.2, 0.25) is 0 Å². The number of carbonyl (C=O) groups is 1. The summed E-state index contributed by atoms with van der Waals surface area (Å²) in [6, 6.07) is 11.7. The van der Waals surface area contributed by atoms with Gasteiger partial charge in [0.05, 0.1) is 6.10 Å². The summed E-state index contributed by atoms with van der Waals surface area (Å²) in [6.45, 7) is 5.06. The van der Waals surface area contributed by atoms with Crippen molar-refractivity contribution in [2.24, 2.45) is 0 Å². The molecule has 1 fully saturated rings. The molecule has 0 saturated carbocycles. The lowest BCUT2D eigenvalue weighted by molar-refractivity contribution is 0.00398. The van der Waals surface area contributed by atoms with E-state index in [0.29, 0.717) is 30.5 Å². The van der Waals surface area contributed by atoms with Crippen molar-refractivity contribution >= 4 is 5.91 Å². The third-order valence-electron chi connectivity index (χ3n) is 3.80. The molecule has 0 radical (unpaired) electrons. The van der Waals surface area contributed by atoms with Crippen LogP contribution in [0.3, 0.4) is 0 Å². The number of benzene rings is 1. The van der Waals surface area contributed by atoms with E-state index in [4.69, 9.17) is 4.42 Å². The molecule has 0 bridgehead atoms. The zero-order chi connectivity index (χ0) is 15.0. The van der Waals surface area contributed by atoms with E-state index in [1.165, 1.54) is 5.56 Å². The number of aliphatic hydroxyl groups excluding tert-OH is 1. The molecular weight excluding hydrogens is 266 g/mol. The minimum Gasteiger partial charge on any atom is -0.451 e. The quantitative estimate of drug-likeness (QED) is 0.943. The molecule has 1 N–H and O–H groups in total. The van der Waals surface area contributed by atoms with Crippen LogP contribution in [0.25, 0.3) is 11.3 Å². The molecule has 0 atom stereocenters. The molecule has 1 saturated heterocycles. The van der Waals surface area contributed by atoms with E-state index >= 15 is 0 Å². The molecule has 1 aliphatic rings. The highest BCUT2D eigenvalue weighted by Crippen LogP contribution is 2.26. The van der Waals surface area contributed by atoms with E-state index in [9.17, 15) is 9.90 Å². The van der Waals surface area contributed by atoms with Gasteiger partial charge in [-0.05, 0) is 29.7 Å². The first-order chi connectivity index (χ1) is 10.0. The summed E-state index contributed by atoms with van der Waals surface area (Å²) in [5, 5.41) is 9.26. The van der Waals surface area contributed by atoms with Crippen LogP contribution in [0.1, 0.15) is 35.9 Å². The van der Waals surface area contributed by atoms with Gasteiger partial charge in [-0.2, -0.15) is 0 Å². The van der Waals surface area contributed by atoms with Crippen molar-refractivity contribution in [3.8, 4) is 11.3 Å². The Kier molecular flexibility index (Phi) is 3.55. The van der Waals surface area contributed by atoms with Crippen LogP contribution >= 0.6 is 0 Å². The van der Waals surface area contributed by atoms with Gasteiger partial charge in [0.15, 0.2) is 5.76 Å². The first kappa shape index (κ1) is 13.9. The standard InChI is InChI=1S/C17H19NO3/c1-11(2)12-4-3-5-13(8-12)15-6-7-16(21-15)17(20)18-9-14(19)10-18/h3-8,11,14,19H,9-10H2,1-2H3. The summed E-state index contributed by atoms with van der Waals surface area (Å²) < 4.78 is 5.69. The van der Waals surface area contributed by atoms with Gasteiger partial charge in [0.25, 0.3) is 5.91 Å². The van der Waals surface area contributed by atoms with E-state index in [0.717, 1.165) is 5.56 Å². The van der Waals surface area contributed by atoms with Crippen molar-refractivity contribution in [1.82, 2.24) is 4.90 Å². The number of hydrogen-bond acceptors (Lipinski definition) is 3. The van der Waals surface area contributed by atoms with Crippen molar-refractivity contribution in [2.75, 3.05) is 13.1 Å². The minimum absolute atomic E-state index is 0.161. The molecule has 1 aromatic heterocycles. The fraction of sp³-hybridized carbons (Fsp3) is 0.353. The predicted octanol–water partition coefficient (Wildman–Crippen LogP) is 2.89. The SMILES string of the molecule is CC(C)c1cccc(-c2ccc(C(=O)N3CC(O)C3)o2)c1. The van der Waals surface area contributed by atoms with Gasteiger partial charge >= 0.3 is 0 Å². The molecular formula is C17H19NO3. The minimum atomic E-state index is -0.397. The molecule has 3 rings (SSSR count). The maximum atomic E-state index is 12.1. The number of hydrogen-bond donors (Lipinski definition) is 1. The van der Waals surface area contributed by atoms with E-state index in [1.54, 1.807) is 11.0 Å². The molecule has 1 aromatic carbocycles. The maximum Gasteiger partial charge on any atom is 0.289 e. The number of furan rings is 1. The molecule has 21 heavy (non-hydrogen) atoms. The lowest BCUT2D eigenvalue weighted by Crippen LogP contribution is -2.53. The first-order valence-corrected chi connectivity index (χ1v) is 7.22. The Morgan fingerprint density at radius 1 is 1.29 bits per heavy atom.